The average molecular weight is 402 g/mol. The molecule has 9 heteroatoms. The summed E-state index contributed by atoms with van der Waals surface area (Å²) in [5.41, 5.74) is 7.65. The first-order valence-corrected chi connectivity index (χ1v) is 7.84. The van der Waals surface area contributed by atoms with Gasteiger partial charge in [0.15, 0.2) is 0 Å². The molecule has 2 amide bonds. The third kappa shape index (κ3) is 7.03. The number of carbonyl (C=O) groups is 2. The number of benzene rings is 1. The lowest BCUT2D eigenvalue weighted by Gasteiger charge is -2.15. The summed E-state index contributed by atoms with van der Waals surface area (Å²) in [6, 6.07) is 7.16. The largest absolute Gasteiger partial charge is 0.350 e. The number of halogens is 2. The molecule has 26 heavy (non-hydrogen) atoms. The van der Waals surface area contributed by atoms with Gasteiger partial charge in [-0.15, -0.1) is 24.8 Å². The van der Waals surface area contributed by atoms with Gasteiger partial charge in [-0.1, -0.05) is 26.0 Å². The summed E-state index contributed by atoms with van der Waals surface area (Å²) < 4.78 is 1.89. The van der Waals surface area contributed by atoms with Crippen LogP contribution < -0.4 is 16.4 Å². The molecule has 0 aliphatic rings. The summed E-state index contributed by atoms with van der Waals surface area (Å²) in [7, 11) is 0. The molecule has 0 unspecified atom stereocenters. The quantitative estimate of drug-likeness (QED) is 0.652. The van der Waals surface area contributed by atoms with Crippen LogP contribution in [-0.4, -0.2) is 34.0 Å². The molecule has 0 aliphatic carbocycles. The molecule has 0 fully saturated rings. The van der Waals surface area contributed by atoms with E-state index in [4.69, 9.17) is 5.73 Å². The van der Waals surface area contributed by atoms with Crippen LogP contribution in [0, 0.1) is 5.92 Å². The lowest BCUT2D eigenvalue weighted by atomic mass is 10.1. The van der Waals surface area contributed by atoms with E-state index in [1.807, 2.05) is 48.9 Å². The van der Waals surface area contributed by atoms with E-state index in [2.05, 4.69) is 15.6 Å². The lowest BCUT2D eigenvalue weighted by Crippen LogP contribution is -2.47. The summed E-state index contributed by atoms with van der Waals surface area (Å²) >= 11 is 0. The molecule has 2 rings (SSSR count). The Labute approximate surface area is 165 Å². The number of nitrogens with one attached hydrogen (secondary N) is 2. The topological polar surface area (TPSA) is 102 Å². The lowest BCUT2D eigenvalue weighted by molar-refractivity contribution is -0.127. The first kappa shape index (κ1) is 23.9. The summed E-state index contributed by atoms with van der Waals surface area (Å²) in [6.45, 7) is 4.02. The molecule has 0 radical (unpaired) electrons. The van der Waals surface area contributed by atoms with Gasteiger partial charge in [0.25, 0.3) is 0 Å². The predicted molar refractivity (Wildman–Crippen MR) is 106 cm³/mol. The molecule has 1 heterocycles. The third-order valence-corrected chi connectivity index (χ3v) is 3.65. The summed E-state index contributed by atoms with van der Waals surface area (Å²) in [5, 5.41) is 5.32. The zero-order valence-corrected chi connectivity index (χ0v) is 16.3. The van der Waals surface area contributed by atoms with Gasteiger partial charge in [0.2, 0.25) is 11.8 Å². The number of nitrogens with two attached hydrogens (primary N) is 1. The Hall–Kier alpha value is -2.09. The van der Waals surface area contributed by atoms with Crippen molar-refractivity contribution in [1.82, 2.24) is 20.2 Å². The first-order chi connectivity index (χ1) is 11.5. The second kappa shape index (κ2) is 11.5. The summed E-state index contributed by atoms with van der Waals surface area (Å²) in [5.74, 6) is -0.548. The number of imidazole rings is 1. The molecule has 0 aliphatic heterocycles. The fourth-order valence-electron chi connectivity index (χ4n) is 2.09. The minimum absolute atomic E-state index is 0. The van der Waals surface area contributed by atoms with Crippen LogP contribution in [-0.2, 0) is 16.1 Å². The van der Waals surface area contributed by atoms with Crippen LogP contribution in [0.5, 0.6) is 0 Å². The molecule has 4 N–H and O–H groups in total. The number of rotatable bonds is 7. The number of nitrogens with zero attached hydrogens (tertiary/aromatic N) is 2. The van der Waals surface area contributed by atoms with Crippen LogP contribution in [0.4, 0.5) is 0 Å². The molecule has 1 atom stereocenters. The molecular weight excluding hydrogens is 377 g/mol. The molecule has 144 valence electrons. The van der Waals surface area contributed by atoms with Crippen molar-refractivity contribution >= 4 is 36.6 Å². The van der Waals surface area contributed by atoms with E-state index in [0.29, 0.717) is 6.54 Å². The molecule has 7 nitrogen and oxygen atoms in total. The second-order valence-electron chi connectivity index (χ2n) is 5.90. The first-order valence-electron chi connectivity index (χ1n) is 7.84. The Morgan fingerprint density at radius 3 is 2.58 bits per heavy atom. The number of hydrogen-bond donors (Lipinski definition) is 3. The van der Waals surface area contributed by atoms with Crippen LogP contribution in [0.3, 0.4) is 0 Å². The Balaban J connectivity index is 0.00000312. The fraction of sp³-hybridized carbons (Fsp3) is 0.353. The molecule has 1 aromatic heterocycles. The number of amides is 2. The van der Waals surface area contributed by atoms with Crippen molar-refractivity contribution in [3.63, 3.8) is 0 Å². The van der Waals surface area contributed by atoms with Crippen LogP contribution in [0.15, 0.2) is 43.0 Å². The van der Waals surface area contributed by atoms with Crippen molar-refractivity contribution < 1.29 is 9.59 Å². The van der Waals surface area contributed by atoms with E-state index >= 15 is 0 Å². The van der Waals surface area contributed by atoms with E-state index in [1.54, 1.807) is 12.5 Å². The summed E-state index contributed by atoms with van der Waals surface area (Å²) in [6.07, 6.45) is 5.27. The minimum atomic E-state index is -0.607. The van der Waals surface area contributed by atoms with Gasteiger partial charge in [0.05, 0.1) is 18.9 Å². The SMILES string of the molecule is CC(C)[C@H](N)C(=O)NCC(=O)NCc1cccc(-n2ccnc2)c1.Cl.Cl. The van der Waals surface area contributed by atoms with Crippen molar-refractivity contribution in [2.75, 3.05) is 6.54 Å². The van der Waals surface area contributed by atoms with Crippen molar-refractivity contribution in [2.24, 2.45) is 11.7 Å². The Kier molecular flexibility index (Phi) is 10.6. The third-order valence-electron chi connectivity index (χ3n) is 3.65. The minimum Gasteiger partial charge on any atom is -0.350 e. The molecule has 0 spiro atoms. The molecular formula is C17H25Cl2N5O2. The van der Waals surface area contributed by atoms with E-state index in [9.17, 15) is 9.59 Å². The van der Waals surface area contributed by atoms with Gasteiger partial charge >= 0.3 is 0 Å². The van der Waals surface area contributed by atoms with Crippen molar-refractivity contribution in [3.8, 4) is 5.69 Å². The predicted octanol–water partition coefficient (Wildman–Crippen LogP) is 1.43. The van der Waals surface area contributed by atoms with E-state index < -0.39 is 6.04 Å². The zero-order valence-electron chi connectivity index (χ0n) is 14.7. The fourth-order valence-corrected chi connectivity index (χ4v) is 2.09. The van der Waals surface area contributed by atoms with Gasteiger partial charge in [0, 0.05) is 24.6 Å². The number of hydrogen-bond acceptors (Lipinski definition) is 4. The Morgan fingerprint density at radius 1 is 1.23 bits per heavy atom. The van der Waals surface area contributed by atoms with Gasteiger partial charge in [0.1, 0.15) is 0 Å². The maximum Gasteiger partial charge on any atom is 0.239 e. The Bertz CT molecular complexity index is 692. The highest BCUT2D eigenvalue weighted by Crippen LogP contribution is 2.10. The average Bonchev–Trinajstić information content (AvgIpc) is 3.12. The molecule has 2 aromatic rings. The maximum absolute atomic E-state index is 11.8. The van der Waals surface area contributed by atoms with E-state index in [0.717, 1.165) is 11.3 Å². The van der Waals surface area contributed by atoms with Gasteiger partial charge in [-0.25, -0.2) is 4.98 Å². The molecule has 0 bridgehead atoms. The van der Waals surface area contributed by atoms with Crippen LogP contribution in [0.25, 0.3) is 5.69 Å². The smallest absolute Gasteiger partial charge is 0.239 e. The van der Waals surface area contributed by atoms with Crippen molar-refractivity contribution in [3.05, 3.63) is 48.5 Å². The van der Waals surface area contributed by atoms with Crippen molar-refractivity contribution in [1.29, 1.82) is 0 Å². The highest BCUT2D eigenvalue weighted by Gasteiger charge is 2.17. The second-order valence-corrected chi connectivity index (χ2v) is 5.90. The van der Waals surface area contributed by atoms with E-state index in [-0.39, 0.29) is 49.1 Å². The standard InChI is InChI=1S/C17H23N5O2.2ClH/c1-12(2)16(18)17(24)21-10-15(23)20-9-13-4-3-5-14(8-13)22-7-6-19-11-22;;/h3-8,11-12,16H,9-10,18H2,1-2H3,(H,20,23)(H,21,24);2*1H/t16-;;/m0../s1. The zero-order chi connectivity index (χ0) is 17.5. The van der Waals surface area contributed by atoms with Gasteiger partial charge in [-0.3, -0.25) is 9.59 Å². The highest BCUT2D eigenvalue weighted by atomic mass is 35.5. The van der Waals surface area contributed by atoms with Gasteiger partial charge in [-0.05, 0) is 23.6 Å². The highest BCUT2D eigenvalue weighted by molar-refractivity contribution is 5.87. The molecule has 0 saturated carbocycles. The summed E-state index contributed by atoms with van der Waals surface area (Å²) in [4.78, 5) is 27.6. The van der Waals surface area contributed by atoms with E-state index in [1.165, 1.54) is 0 Å². The van der Waals surface area contributed by atoms with Crippen LogP contribution >= 0.6 is 24.8 Å². The van der Waals surface area contributed by atoms with Gasteiger partial charge in [-0.2, -0.15) is 0 Å². The van der Waals surface area contributed by atoms with Gasteiger partial charge < -0.3 is 20.9 Å². The maximum atomic E-state index is 11.8. The molecule has 1 aromatic carbocycles. The monoisotopic (exact) mass is 401 g/mol. The number of carbonyl (C=O) groups excluding carboxylic acids is 2. The number of aromatic nitrogens is 2. The normalized spacial score (nSPS) is 11.1. The van der Waals surface area contributed by atoms with Crippen LogP contribution in [0.1, 0.15) is 19.4 Å². The van der Waals surface area contributed by atoms with Crippen LogP contribution in [0.2, 0.25) is 0 Å². The Morgan fingerprint density at radius 2 is 1.96 bits per heavy atom. The molecule has 0 saturated heterocycles. The van der Waals surface area contributed by atoms with Crippen molar-refractivity contribution in [2.45, 2.75) is 26.4 Å².